The third-order valence-corrected chi connectivity index (χ3v) is 4.60. The van der Waals surface area contributed by atoms with Gasteiger partial charge < -0.3 is 9.47 Å². The van der Waals surface area contributed by atoms with E-state index in [1.807, 2.05) is 12.4 Å². The van der Waals surface area contributed by atoms with E-state index < -0.39 is 0 Å². The Balaban J connectivity index is 1.46. The van der Waals surface area contributed by atoms with Crippen LogP contribution in [0.4, 0.5) is 4.39 Å². The van der Waals surface area contributed by atoms with Crippen molar-refractivity contribution in [2.45, 2.75) is 25.8 Å². The molecule has 0 N–H and O–H groups in total. The van der Waals surface area contributed by atoms with Crippen molar-refractivity contribution in [2.24, 2.45) is 5.92 Å². The maximum Gasteiger partial charge on any atom is 0.130 e. The van der Waals surface area contributed by atoms with Gasteiger partial charge in [-0.2, -0.15) is 0 Å². The van der Waals surface area contributed by atoms with Crippen LogP contribution in [-0.4, -0.2) is 48.3 Å². The second-order valence-electron chi connectivity index (χ2n) is 6.76. The van der Waals surface area contributed by atoms with E-state index in [-0.39, 0.29) is 5.82 Å². The molecule has 26 heavy (non-hydrogen) atoms. The Morgan fingerprint density at radius 3 is 2.69 bits per heavy atom. The number of rotatable bonds is 8. The molecule has 0 amide bonds. The van der Waals surface area contributed by atoms with Crippen molar-refractivity contribution < 1.29 is 13.9 Å². The van der Waals surface area contributed by atoms with Gasteiger partial charge in [0.15, 0.2) is 0 Å². The van der Waals surface area contributed by atoms with Crippen LogP contribution in [0.25, 0.3) is 0 Å². The first-order chi connectivity index (χ1) is 12.7. The quantitative estimate of drug-likeness (QED) is 0.725. The number of piperidine rings is 1. The van der Waals surface area contributed by atoms with Crippen LogP contribution in [0.15, 0.2) is 36.7 Å². The smallest absolute Gasteiger partial charge is 0.130 e. The molecule has 0 aliphatic carbocycles. The zero-order valence-electron chi connectivity index (χ0n) is 15.2. The molecule has 140 valence electrons. The Bertz CT molecular complexity index is 664. The fourth-order valence-electron chi connectivity index (χ4n) is 3.22. The highest BCUT2D eigenvalue weighted by Gasteiger charge is 2.20. The molecule has 0 spiro atoms. The number of hydrogen-bond donors (Lipinski definition) is 0. The molecule has 0 saturated carbocycles. The zero-order valence-corrected chi connectivity index (χ0v) is 15.2. The summed E-state index contributed by atoms with van der Waals surface area (Å²) in [5.41, 5.74) is 1.13. The monoisotopic (exact) mass is 359 g/mol. The summed E-state index contributed by atoms with van der Waals surface area (Å²) in [6, 6.07) is 6.22. The topological polar surface area (TPSA) is 47.5 Å². The van der Waals surface area contributed by atoms with Gasteiger partial charge in [-0.05, 0) is 43.7 Å². The normalized spacial score (nSPS) is 18.0. The molecule has 1 fully saturated rings. The van der Waals surface area contributed by atoms with Crippen molar-refractivity contribution in [3.63, 3.8) is 0 Å². The van der Waals surface area contributed by atoms with Crippen LogP contribution in [0.3, 0.4) is 0 Å². The van der Waals surface area contributed by atoms with Crippen LogP contribution in [0.5, 0.6) is 5.75 Å². The molecule has 0 bridgehead atoms. The number of likely N-dealkylation sites (tertiary alicyclic amines) is 1. The molecule has 1 aliphatic rings. The van der Waals surface area contributed by atoms with Crippen LogP contribution in [-0.2, 0) is 17.7 Å². The van der Waals surface area contributed by atoms with E-state index in [4.69, 9.17) is 9.47 Å². The highest BCUT2D eigenvalue weighted by molar-refractivity contribution is 5.22. The summed E-state index contributed by atoms with van der Waals surface area (Å²) in [5, 5.41) is 0. The number of nitrogens with zero attached hydrogens (tertiary/aromatic N) is 3. The summed E-state index contributed by atoms with van der Waals surface area (Å²) in [6.45, 7) is 4.23. The van der Waals surface area contributed by atoms with Crippen molar-refractivity contribution in [1.82, 2.24) is 14.9 Å². The molecule has 0 unspecified atom stereocenters. The Morgan fingerprint density at radius 1 is 1.19 bits per heavy atom. The fourth-order valence-corrected chi connectivity index (χ4v) is 3.22. The lowest BCUT2D eigenvalue weighted by Gasteiger charge is -2.32. The molecule has 1 saturated heterocycles. The maximum atomic E-state index is 12.9. The first-order valence-corrected chi connectivity index (χ1v) is 9.12. The van der Waals surface area contributed by atoms with Crippen molar-refractivity contribution in [2.75, 3.05) is 33.4 Å². The molecule has 2 aromatic rings. The maximum absolute atomic E-state index is 12.9. The molecule has 0 radical (unpaired) electrons. The predicted octanol–water partition coefficient (Wildman–Crippen LogP) is 3.10. The average molecular weight is 359 g/mol. The van der Waals surface area contributed by atoms with Gasteiger partial charge >= 0.3 is 0 Å². The fraction of sp³-hybridized carbons (Fsp3) is 0.500. The Kier molecular flexibility index (Phi) is 6.91. The Hall–Kier alpha value is -2.05. The van der Waals surface area contributed by atoms with E-state index >= 15 is 0 Å². The number of benzene rings is 1. The predicted molar refractivity (Wildman–Crippen MR) is 97.5 cm³/mol. The molecule has 1 aromatic heterocycles. The number of methoxy groups -OCH3 is 1. The van der Waals surface area contributed by atoms with Gasteiger partial charge in [0.2, 0.25) is 0 Å². The summed E-state index contributed by atoms with van der Waals surface area (Å²) in [5.74, 6) is 1.79. The number of hydrogen-bond acceptors (Lipinski definition) is 5. The minimum Gasteiger partial charge on any atom is -0.493 e. The van der Waals surface area contributed by atoms with Gasteiger partial charge in [0.05, 0.1) is 13.2 Å². The van der Waals surface area contributed by atoms with E-state index in [1.54, 1.807) is 19.2 Å². The minimum atomic E-state index is -0.239. The highest BCUT2D eigenvalue weighted by Crippen LogP contribution is 2.20. The lowest BCUT2D eigenvalue weighted by atomic mass is 9.98. The van der Waals surface area contributed by atoms with E-state index in [9.17, 15) is 4.39 Å². The Morgan fingerprint density at radius 2 is 1.96 bits per heavy atom. The third-order valence-electron chi connectivity index (χ3n) is 4.60. The summed E-state index contributed by atoms with van der Waals surface area (Å²) < 4.78 is 23.8. The van der Waals surface area contributed by atoms with Crippen LogP contribution in [0.2, 0.25) is 0 Å². The number of halogens is 1. The van der Waals surface area contributed by atoms with E-state index in [1.165, 1.54) is 12.1 Å². The molecule has 1 atom stereocenters. The largest absolute Gasteiger partial charge is 0.493 e. The summed E-state index contributed by atoms with van der Waals surface area (Å²) in [6.07, 6.45) is 6.88. The molecule has 6 heteroatoms. The first kappa shape index (κ1) is 18.7. The Labute approximate surface area is 154 Å². The summed E-state index contributed by atoms with van der Waals surface area (Å²) >= 11 is 0. The number of aromatic nitrogens is 2. The summed E-state index contributed by atoms with van der Waals surface area (Å²) in [4.78, 5) is 11.2. The first-order valence-electron chi connectivity index (χ1n) is 9.12. The van der Waals surface area contributed by atoms with Crippen LogP contribution in [0, 0.1) is 11.7 Å². The van der Waals surface area contributed by atoms with Gasteiger partial charge in [0.25, 0.3) is 0 Å². The second kappa shape index (κ2) is 9.59. The van der Waals surface area contributed by atoms with E-state index in [0.29, 0.717) is 19.1 Å². The van der Waals surface area contributed by atoms with Crippen molar-refractivity contribution in [3.05, 3.63) is 53.9 Å². The van der Waals surface area contributed by atoms with Crippen molar-refractivity contribution in [1.29, 1.82) is 0 Å². The molecule has 3 rings (SSSR count). The van der Waals surface area contributed by atoms with Crippen LogP contribution < -0.4 is 4.74 Å². The lowest BCUT2D eigenvalue weighted by Crippen LogP contribution is -2.37. The van der Waals surface area contributed by atoms with Crippen LogP contribution >= 0.6 is 0 Å². The SMILES string of the molecule is COCCc1ncc(CN2CCC[C@H](COc3ccc(F)cc3)C2)cn1. The standard InChI is InChI=1S/C20H26FN3O2/c1-25-10-8-20-22-11-17(12-23-20)14-24-9-2-3-16(13-24)15-26-19-6-4-18(21)5-7-19/h4-7,11-12,16H,2-3,8-10,13-15H2,1H3/t16-/m0/s1. The minimum absolute atomic E-state index is 0.239. The zero-order chi connectivity index (χ0) is 18.2. The van der Waals surface area contributed by atoms with Crippen LogP contribution in [0.1, 0.15) is 24.2 Å². The van der Waals surface area contributed by atoms with E-state index in [0.717, 1.165) is 56.0 Å². The van der Waals surface area contributed by atoms with Gasteiger partial charge in [-0.25, -0.2) is 14.4 Å². The molecule has 5 nitrogen and oxygen atoms in total. The molecule has 1 aliphatic heterocycles. The third kappa shape index (κ3) is 5.75. The van der Waals surface area contributed by atoms with Gasteiger partial charge in [-0.1, -0.05) is 0 Å². The average Bonchev–Trinajstić information content (AvgIpc) is 2.67. The molecule has 2 heterocycles. The lowest BCUT2D eigenvalue weighted by molar-refractivity contribution is 0.125. The second-order valence-corrected chi connectivity index (χ2v) is 6.76. The van der Waals surface area contributed by atoms with Gasteiger partial charge in [0, 0.05) is 50.5 Å². The molecule has 1 aromatic carbocycles. The highest BCUT2D eigenvalue weighted by atomic mass is 19.1. The van der Waals surface area contributed by atoms with Crippen molar-refractivity contribution in [3.8, 4) is 5.75 Å². The molecular formula is C20H26FN3O2. The van der Waals surface area contributed by atoms with E-state index in [2.05, 4.69) is 14.9 Å². The van der Waals surface area contributed by atoms with Gasteiger partial charge in [-0.3, -0.25) is 4.90 Å². The molecular weight excluding hydrogens is 333 g/mol. The number of ether oxygens (including phenoxy) is 2. The van der Waals surface area contributed by atoms with Gasteiger partial charge in [-0.15, -0.1) is 0 Å². The van der Waals surface area contributed by atoms with Gasteiger partial charge in [0.1, 0.15) is 17.4 Å². The van der Waals surface area contributed by atoms with Crippen molar-refractivity contribution >= 4 is 0 Å². The summed E-state index contributed by atoms with van der Waals surface area (Å²) in [7, 11) is 1.68.